The zero-order chi connectivity index (χ0) is 77.4. The van der Waals surface area contributed by atoms with Gasteiger partial charge in [0, 0.05) is 62.3 Å². The fourth-order valence-corrected chi connectivity index (χ4v) is 13.3. The molecule has 0 saturated carbocycles. The summed E-state index contributed by atoms with van der Waals surface area (Å²) in [6.07, 6.45) is -8.37. The number of aromatic hydroxyl groups is 3. The predicted molar refractivity (Wildman–Crippen MR) is 370 cm³/mol. The van der Waals surface area contributed by atoms with Gasteiger partial charge in [-0.15, -0.1) is 0 Å². The second-order valence-electron chi connectivity index (χ2n) is 26.9. The molecular formula is C72H90N10O24. The molecule has 2 heterocycles. The number of aliphatic hydroxyl groups excluding tert-OH is 2. The van der Waals surface area contributed by atoms with Crippen LogP contribution in [0.25, 0.3) is 0 Å². The number of carboxylic acids is 1. The number of phenolic OH excluding ortho intramolecular Hbond substituents is 3. The summed E-state index contributed by atoms with van der Waals surface area (Å²) in [4.78, 5) is 178. The summed E-state index contributed by atoms with van der Waals surface area (Å²) in [5, 5.41) is 96.9. The second-order valence-corrected chi connectivity index (χ2v) is 26.9. The lowest BCUT2D eigenvalue weighted by Gasteiger charge is -2.43. The van der Waals surface area contributed by atoms with Crippen LogP contribution < -0.4 is 53.0 Å². The number of aliphatic hydroxyl groups is 3. The number of amides is 10. The summed E-state index contributed by atoms with van der Waals surface area (Å²) in [7, 11) is 1.26. The number of ketones is 3. The molecule has 2 aliphatic heterocycles. The van der Waals surface area contributed by atoms with Crippen molar-refractivity contribution in [3.05, 3.63) is 117 Å². The van der Waals surface area contributed by atoms with Crippen LogP contribution in [0.5, 0.6) is 23.0 Å². The van der Waals surface area contributed by atoms with Gasteiger partial charge < -0.3 is 103 Å². The Morgan fingerprint density at radius 3 is 2.11 bits per heavy atom. The van der Waals surface area contributed by atoms with E-state index < -0.39 is 217 Å². The first-order valence-corrected chi connectivity index (χ1v) is 34.6. The number of imide groups is 1. The van der Waals surface area contributed by atoms with Gasteiger partial charge in [-0.3, -0.25) is 62.9 Å². The maximum absolute atomic E-state index is 14.9. The highest BCUT2D eigenvalue weighted by molar-refractivity contribution is 6.31. The van der Waals surface area contributed by atoms with Crippen LogP contribution in [0, 0.1) is 5.92 Å². The normalized spacial score (nSPS) is 20.9. The quantitative estimate of drug-likeness (QED) is 0.0229. The Labute approximate surface area is 608 Å². The molecule has 0 spiro atoms. The van der Waals surface area contributed by atoms with Gasteiger partial charge in [0.15, 0.2) is 17.9 Å². The van der Waals surface area contributed by atoms with E-state index in [0.29, 0.717) is 17.5 Å². The molecule has 17 N–H and O–H groups in total. The van der Waals surface area contributed by atoms with Crippen molar-refractivity contribution < 1.29 is 117 Å². The molecule has 34 heteroatoms. The number of methoxy groups -OCH3 is 1. The third kappa shape index (κ3) is 20.1. The number of likely N-dealkylation sites (tertiary alicyclic amines) is 1. The standard InChI is InChI=1S/C72H90N10O24/c1-35(2)26-46(66(96)77-45-28-55(105-36(3)60(45)90)106-51-30-72(102,52(86)32-83)29-42-57(51)64(94)59-58(62(42)92)61(91)41-14-9-17-50(103-5)56(41)63(59)93)78-67(97)47(27-38-18-20-40(85)21-19-38)79-68(98)48(34-104-33-39-12-7-6-8-13-39)76-53(87)31-74-65(95)43(15-10-24-73)80-71(101)81-69(99)49-16-11-25-82(49)70(100)44(75-37(4)84)22-23-54(88)89/h6-9,12-14,17-21,35-36,43-49,51,55,60,83,85,90,92,94,102H,10-11,15-16,22-34,73H2,1-5H3,(H,74,95)(H,75,84)(H,76,87)(H,77,96)(H,78,97)(H,79,98)(H,88,89)(H2,80,81,99,101)/t36-,43-,44-,45-,46-,47-,48-,49-,51-,55-,60+,72-/m0/s1. The molecule has 4 aromatic carbocycles. The SMILES string of the molecule is COc1cccc2c1C(=O)c1c(O)c3c(c(O)c1C2=O)C[C@@](O)(C(=O)CO)C[C@@H]3O[C@H]1C[C@H](NC(=O)[C@H](CC(C)C)NC(=O)[C@H](Cc2ccc(O)cc2)NC(=O)[C@H](COCc2ccccc2)NC(=O)CNC(=O)[C@H](CCCN)NC(=O)NC(=O)[C@@H]2CCCN2C(=O)[C@H](CCC(=O)O)NC(C)=O)[C@H](O)[C@H](C)O1. The van der Waals surface area contributed by atoms with Crippen LogP contribution in [0.1, 0.15) is 146 Å². The Hall–Kier alpha value is -10.5. The van der Waals surface area contributed by atoms with E-state index in [4.69, 9.17) is 24.7 Å². The third-order valence-electron chi connectivity index (χ3n) is 18.6. The van der Waals surface area contributed by atoms with Crippen LogP contribution in [0.4, 0.5) is 4.79 Å². The molecule has 8 rings (SSSR count). The van der Waals surface area contributed by atoms with Crippen molar-refractivity contribution in [1.82, 2.24) is 47.4 Å². The van der Waals surface area contributed by atoms with E-state index in [1.165, 1.54) is 56.5 Å². The number of benzene rings is 4. The van der Waals surface area contributed by atoms with Gasteiger partial charge in [-0.25, -0.2) is 4.79 Å². The lowest BCUT2D eigenvalue weighted by molar-refractivity contribution is -0.249. The number of fused-ring (bicyclic) bond motifs is 3. The molecule has 0 unspecified atom stereocenters. The minimum absolute atomic E-state index is 0.0213. The lowest BCUT2D eigenvalue weighted by Crippen LogP contribution is -2.61. The molecule has 0 aromatic heterocycles. The minimum Gasteiger partial charge on any atom is -0.508 e. The van der Waals surface area contributed by atoms with Crippen molar-refractivity contribution in [3.8, 4) is 23.0 Å². The van der Waals surface area contributed by atoms with Crippen molar-refractivity contribution in [2.24, 2.45) is 11.7 Å². The van der Waals surface area contributed by atoms with E-state index in [9.17, 15) is 98.1 Å². The molecule has 10 amide bonds. The minimum atomic E-state index is -2.51. The zero-order valence-corrected chi connectivity index (χ0v) is 59.0. The molecule has 2 aliphatic carbocycles. The van der Waals surface area contributed by atoms with E-state index in [2.05, 4.69) is 42.5 Å². The number of Topliss-reactive ketones (excluding diaryl/α,β-unsaturated/α-hetero) is 1. The number of carboxylic acid groups (broad SMARTS) is 1. The molecule has 0 bridgehead atoms. The van der Waals surface area contributed by atoms with Gasteiger partial charge >= 0.3 is 12.0 Å². The number of nitrogens with zero attached hydrogens (tertiary/aromatic N) is 1. The highest BCUT2D eigenvalue weighted by atomic mass is 16.7. The summed E-state index contributed by atoms with van der Waals surface area (Å²) in [5.41, 5.74) is 1.95. The topological polar surface area (TPSA) is 526 Å². The van der Waals surface area contributed by atoms with Crippen LogP contribution in [-0.4, -0.2) is 224 Å². The van der Waals surface area contributed by atoms with E-state index in [1.807, 2.05) is 0 Å². The van der Waals surface area contributed by atoms with Crippen molar-refractivity contribution in [2.75, 3.05) is 40.0 Å². The Morgan fingerprint density at radius 1 is 0.764 bits per heavy atom. The number of aliphatic carboxylic acids is 1. The third-order valence-corrected chi connectivity index (χ3v) is 18.6. The number of carbonyl (C=O) groups excluding carboxylic acids is 12. The number of hydrogen-bond acceptors (Lipinski definition) is 24. The first kappa shape index (κ1) is 81.2. The number of ether oxygens (including phenoxy) is 4. The van der Waals surface area contributed by atoms with Crippen LogP contribution in [0.2, 0.25) is 0 Å². The summed E-state index contributed by atoms with van der Waals surface area (Å²) in [5.74, 6) is -13.4. The first-order chi connectivity index (χ1) is 50.4. The number of urea groups is 1. The predicted octanol–water partition coefficient (Wildman–Crippen LogP) is -0.766. The summed E-state index contributed by atoms with van der Waals surface area (Å²) >= 11 is 0. The monoisotopic (exact) mass is 1480 g/mol. The van der Waals surface area contributed by atoms with Crippen molar-refractivity contribution in [3.63, 3.8) is 0 Å². The van der Waals surface area contributed by atoms with Crippen LogP contribution >= 0.6 is 0 Å². The Bertz CT molecular complexity index is 3970. The van der Waals surface area contributed by atoms with E-state index in [1.54, 1.807) is 44.2 Å². The molecule has 106 heavy (non-hydrogen) atoms. The number of rotatable bonds is 33. The molecule has 0 radical (unpaired) electrons. The Kier molecular flexibility index (Phi) is 27.9. The van der Waals surface area contributed by atoms with Gasteiger partial charge in [0.1, 0.15) is 77.6 Å². The van der Waals surface area contributed by atoms with E-state index >= 15 is 0 Å². The number of phenols is 3. The van der Waals surface area contributed by atoms with Crippen LogP contribution in [-0.2, 0) is 81.6 Å². The van der Waals surface area contributed by atoms with Gasteiger partial charge in [0.2, 0.25) is 47.1 Å². The first-order valence-electron chi connectivity index (χ1n) is 34.6. The summed E-state index contributed by atoms with van der Waals surface area (Å²) in [6, 6.07) is 7.44. The molecule has 572 valence electrons. The molecule has 4 aromatic rings. The maximum Gasteiger partial charge on any atom is 0.322 e. The number of nitrogens with one attached hydrogen (secondary N) is 8. The van der Waals surface area contributed by atoms with E-state index in [-0.39, 0.29) is 97.9 Å². The number of nitrogens with two attached hydrogens (primary N) is 1. The summed E-state index contributed by atoms with van der Waals surface area (Å²) < 4.78 is 23.7. The average molecular weight is 1480 g/mol. The molecule has 2 saturated heterocycles. The Balaban J connectivity index is 0.973. The van der Waals surface area contributed by atoms with Crippen LogP contribution in [0.3, 0.4) is 0 Å². The van der Waals surface area contributed by atoms with Gasteiger partial charge in [-0.2, -0.15) is 0 Å². The molecule has 12 atom stereocenters. The fourth-order valence-electron chi connectivity index (χ4n) is 13.3. The van der Waals surface area contributed by atoms with Gasteiger partial charge in [-0.1, -0.05) is 68.4 Å². The zero-order valence-electron chi connectivity index (χ0n) is 59.0. The Morgan fingerprint density at radius 2 is 1.45 bits per heavy atom. The smallest absolute Gasteiger partial charge is 0.322 e. The number of hydrogen-bond donors (Lipinski definition) is 16. The van der Waals surface area contributed by atoms with Gasteiger partial charge in [0.25, 0.3) is 5.91 Å². The molecular weight excluding hydrogens is 1390 g/mol. The molecule has 2 fully saturated rings. The van der Waals surface area contributed by atoms with Crippen molar-refractivity contribution >= 4 is 76.6 Å². The van der Waals surface area contributed by atoms with Gasteiger partial charge in [-0.05, 0) is 87.2 Å². The highest BCUT2D eigenvalue weighted by Crippen LogP contribution is 2.53. The summed E-state index contributed by atoms with van der Waals surface area (Å²) in [6.45, 7) is 3.50. The van der Waals surface area contributed by atoms with Crippen LogP contribution in [0.15, 0.2) is 72.8 Å². The van der Waals surface area contributed by atoms with Gasteiger partial charge in [0.05, 0.1) is 61.8 Å². The average Bonchev–Trinajstić information content (AvgIpc) is 0.780. The molecule has 4 aliphatic rings. The number of carbonyl (C=O) groups is 13. The highest BCUT2D eigenvalue weighted by Gasteiger charge is 2.51. The largest absolute Gasteiger partial charge is 0.508 e. The fraction of sp³-hybridized carbons (Fsp3) is 0.486. The second kappa shape index (κ2) is 36.5. The van der Waals surface area contributed by atoms with E-state index in [0.717, 1.165) is 11.8 Å². The van der Waals surface area contributed by atoms with Crippen molar-refractivity contribution in [2.45, 2.75) is 177 Å². The van der Waals surface area contributed by atoms with Crippen molar-refractivity contribution in [1.29, 1.82) is 0 Å². The molecule has 34 nitrogen and oxygen atoms in total. The maximum atomic E-state index is 14.9. The lowest BCUT2D eigenvalue weighted by atomic mass is 9.72.